The van der Waals surface area contributed by atoms with Gasteiger partial charge in [-0.25, -0.2) is 4.39 Å². The standard InChI is InChI=1S/C21H23FN2O3/c22-17-3-5-18(6-4-17)24-10-9-16(13-24)12-23-21(25)8-2-15-1-7-19-20(11-15)27-14-26-19/h1,3-7,11,16H,2,8-10,12-14H2,(H,23,25)/t16-/m0/s1. The van der Waals surface area contributed by atoms with Crippen molar-refractivity contribution in [1.29, 1.82) is 0 Å². The van der Waals surface area contributed by atoms with Crippen LogP contribution in [0.25, 0.3) is 0 Å². The number of ether oxygens (including phenoxy) is 2. The molecule has 2 heterocycles. The van der Waals surface area contributed by atoms with Crippen LogP contribution in [0, 0.1) is 11.7 Å². The summed E-state index contributed by atoms with van der Waals surface area (Å²) in [6, 6.07) is 12.4. The van der Waals surface area contributed by atoms with Crippen molar-refractivity contribution in [3.8, 4) is 11.5 Å². The Bertz CT molecular complexity index is 810. The first kappa shape index (κ1) is 17.6. The number of nitrogens with zero attached hydrogens (tertiary/aromatic N) is 1. The Hall–Kier alpha value is -2.76. The lowest BCUT2D eigenvalue weighted by Gasteiger charge is -2.18. The summed E-state index contributed by atoms with van der Waals surface area (Å²) in [5.41, 5.74) is 2.10. The minimum atomic E-state index is -0.218. The fraction of sp³-hybridized carbons (Fsp3) is 0.381. The van der Waals surface area contributed by atoms with Crippen LogP contribution >= 0.6 is 0 Å². The van der Waals surface area contributed by atoms with Gasteiger partial charge in [-0.3, -0.25) is 4.79 Å². The van der Waals surface area contributed by atoms with Crippen LogP contribution in [-0.2, 0) is 11.2 Å². The number of carbonyl (C=O) groups excluding carboxylic acids is 1. The maximum Gasteiger partial charge on any atom is 0.231 e. The molecule has 0 saturated carbocycles. The number of rotatable bonds is 6. The van der Waals surface area contributed by atoms with E-state index in [0.717, 1.165) is 42.3 Å². The molecule has 1 N–H and O–H groups in total. The lowest BCUT2D eigenvalue weighted by molar-refractivity contribution is -0.121. The number of hydrogen-bond donors (Lipinski definition) is 1. The van der Waals surface area contributed by atoms with Crippen LogP contribution in [-0.4, -0.2) is 32.3 Å². The van der Waals surface area contributed by atoms with Gasteiger partial charge in [0.25, 0.3) is 0 Å². The number of anilines is 1. The number of fused-ring (bicyclic) bond motifs is 1. The average molecular weight is 370 g/mol. The molecule has 1 atom stereocenters. The van der Waals surface area contributed by atoms with Crippen molar-refractivity contribution in [2.75, 3.05) is 31.3 Å². The highest BCUT2D eigenvalue weighted by molar-refractivity contribution is 5.76. The van der Waals surface area contributed by atoms with Crippen molar-refractivity contribution in [2.24, 2.45) is 5.92 Å². The van der Waals surface area contributed by atoms with Crippen molar-refractivity contribution in [2.45, 2.75) is 19.3 Å². The van der Waals surface area contributed by atoms with Crippen molar-refractivity contribution in [1.82, 2.24) is 5.32 Å². The first-order valence-electron chi connectivity index (χ1n) is 9.33. The molecule has 142 valence electrons. The molecule has 0 radical (unpaired) electrons. The van der Waals surface area contributed by atoms with Gasteiger partial charge >= 0.3 is 0 Å². The molecule has 27 heavy (non-hydrogen) atoms. The third kappa shape index (κ3) is 4.32. The molecule has 0 unspecified atom stereocenters. The highest BCUT2D eigenvalue weighted by atomic mass is 19.1. The van der Waals surface area contributed by atoms with Crippen molar-refractivity contribution < 1.29 is 18.7 Å². The Kier molecular flexibility index (Phi) is 5.14. The van der Waals surface area contributed by atoms with E-state index < -0.39 is 0 Å². The quantitative estimate of drug-likeness (QED) is 0.849. The van der Waals surface area contributed by atoms with Crippen LogP contribution in [0.15, 0.2) is 42.5 Å². The molecule has 4 rings (SSSR count). The van der Waals surface area contributed by atoms with E-state index in [9.17, 15) is 9.18 Å². The molecule has 2 aliphatic heterocycles. The number of amides is 1. The van der Waals surface area contributed by atoms with E-state index in [4.69, 9.17) is 9.47 Å². The minimum Gasteiger partial charge on any atom is -0.454 e. The summed E-state index contributed by atoms with van der Waals surface area (Å²) in [5, 5.41) is 3.05. The van der Waals surface area contributed by atoms with E-state index in [-0.39, 0.29) is 18.5 Å². The minimum absolute atomic E-state index is 0.0629. The summed E-state index contributed by atoms with van der Waals surface area (Å²) < 4.78 is 23.7. The van der Waals surface area contributed by atoms with E-state index in [1.807, 2.05) is 30.3 Å². The molecule has 2 aliphatic rings. The van der Waals surface area contributed by atoms with E-state index in [2.05, 4.69) is 10.2 Å². The van der Waals surface area contributed by atoms with Crippen molar-refractivity contribution >= 4 is 11.6 Å². The van der Waals surface area contributed by atoms with Crippen LogP contribution in [0.4, 0.5) is 10.1 Å². The highest BCUT2D eigenvalue weighted by Crippen LogP contribution is 2.32. The van der Waals surface area contributed by atoms with Gasteiger partial charge in [-0.05, 0) is 60.7 Å². The van der Waals surface area contributed by atoms with Crippen LogP contribution in [0.3, 0.4) is 0 Å². The third-order valence-electron chi connectivity index (χ3n) is 5.14. The molecule has 1 saturated heterocycles. The van der Waals surface area contributed by atoms with Gasteiger partial charge < -0.3 is 19.7 Å². The fourth-order valence-corrected chi connectivity index (χ4v) is 3.59. The lowest BCUT2D eigenvalue weighted by Crippen LogP contribution is -2.31. The largest absolute Gasteiger partial charge is 0.454 e. The Balaban J connectivity index is 1.20. The first-order valence-corrected chi connectivity index (χ1v) is 9.33. The highest BCUT2D eigenvalue weighted by Gasteiger charge is 2.23. The Morgan fingerprint density at radius 3 is 2.81 bits per heavy atom. The predicted molar refractivity (Wildman–Crippen MR) is 101 cm³/mol. The van der Waals surface area contributed by atoms with Gasteiger partial charge in [-0.1, -0.05) is 6.07 Å². The van der Waals surface area contributed by atoms with E-state index >= 15 is 0 Å². The summed E-state index contributed by atoms with van der Waals surface area (Å²) >= 11 is 0. The Labute approximate surface area is 158 Å². The SMILES string of the molecule is O=C(CCc1ccc2c(c1)OCO2)NC[C@@H]1CCN(c2ccc(F)cc2)C1. The molecule has 2 aromatic carbocycles. The third-order valence-corrected chi connectivity index (χ3v) is 5.14. The van der Waals surface area contributed by atoms with Gasteiger partial charge in [0, 0.05) is 31.7 Å². The van der Waals surface area contributed by atoms with E-state index in [1.54, 1.807) is 0 Å². The van der Waals surface area contributed by atoms with Crippen molar-refractivity contribution in [3.63, 3.8) is 0 Å². The maximum absolute atomic E-state index is 13.0. The summed E-state index contributed by atoms with van der Waals surface area (Å²) in [7, 11) is 0. The smallest absolute Gasteiger partial charge is 0.231 e. The predicted octanol–water partition coefficient (Wildman–Crippen LogP) is 3.13. The zero-order chi connectivity index (χ0) is 18.6. The van der Waals surface area contributed by atoms with Crippen LogP contribution in [0.5, 0.6) is 11.5 Å². The molecule has 6 heteroatoms. The molecule has 5 nitrogen and oxygen atoms in total. The van der Waals surface area contributed by atoms with Gasteiger partial charge in [0.15, 0.2) is 11.5 Å². The zero-order valence-corrected chi connectivity index (χ0v) is 15.1. The Morgan fingerprint density at radius 1 is 1.15 bits per heavy atom. The van der Waals surface area contributed by atoms with Gasteiger partial charge in [0.2, 0.25) is 12.7 Å². The Morgan fingerprint density at radius 2 is 1.96 bits per heavy atom. The number of benzene rings is 2. The van der Waals surface area contributed by atoms with Crippen LogP contribution in [0.2, 0.25) is 0 Å². The molecule has 0 aliphatic carbocycles. The van der Waals surface area contributed by atoms with Crippen molar-refractivity contribution in [3.05, 3.63) is 53.8 Å². The molecule has 2 aromatic rings. The second-order valence-corrected chi connectivity index (χ2v) is 7.07. The van der Waals surface area contributed by atoms with Gasteiger partial charge in [0.1, 0.15) is 5.82 Å². The average Bonchev–Trinajstić information content (AvgIpc) is 3.34. The second-order valence-electron chi connectivity index (χ2n) is 7.07. The monoisotopic (exact) mass is 370 g/mol. The van der Waals surface area contributed by atoms with Crippen LogP contribution < -0.4 is 19.7 Å². The van der Waals surface area contributed by atoms with E-state index in [0.29, 0.717) is 25.3 Å². The van der Waals surface area contributed by atoms with Gasteiger partial charge in [0.05, 0.1) is 0 Å². The number of nitrogens with one attached hydrogen (secondary N) is 1. The van der Waals surface area contributed by atoms with E-state index in [1.165, 1.54) is 12.1 Å². The molecular formula is C21H23FN2O3. The topological polar surface area (TPSA) is 50.8 Å². The van der Waals surface area contributed by atoms with Gasteiger partial charge in [-0.15, -0.1) is 0 Å². The first-order chi connectivity index (χ1) is 13.2. The summed E-state index contributed by atoms with van der Waals surface area (Å²) in [6.07, 6.45) is 2.16. The fourth-order valence-electron chi connectivity index (χ4n) is 3.59. The summed E-state index contributed by atoms with van der Waals surface area (Å²) in [5.74, 6) is 1.77. The second kappa shape index (κ2) is 7.86. The normalized spacial score (nSPS) is 18.0. The number of hydrogen-bond acceptors (Lipinski definition) is 4. The number of aryl methyl sites for hydroxylation is 1. The van der Waals surface area contributed by atoms with Gasteiger partial charge in [-0.2, -0.15) is 0 Å². The molecule has 1 amide bonds. The maximum atomic E-state index is 13.0. The van der Waals surface area contributed by atoms with Crippen LogP contribution in [0.1, 0.15) is 18.4 Å². The molecule has 0 spiro atoms. The number of carbonyl (C=O) groups is 1. The summed E-state index contributed by atoms with van der Waals surface area (Å²) in [6.45, 7) is 2.75. The molecule has 0 aromatic heterocycles. The molecule has 1 fully saturated rings. The number of halogens is 1. The lowest BCUT2D eigenvalue weighted by atomic mass is 10.1. The molecular weight excluding hydrogens is 347 g/mol. The summed E-state index contributed by atoms with van der Waals surface area (Å²) in [4.78, 5) is 14.4. The molecule has 0 bridgehead atoms. The zero-order valence-electron chi connectivity index (χ0n) is 15.1.